The van der Waals surface area contributed by atoms with Gasteiger partial charge in [-0.15, -0.1) is 11.8 Å². The molecule has 2 aliphatic heterocycles. The van der Waals surface area contributed by atoms with E-state index in [0.717, 1.165) is 24.2 Å². The van der Waals surface area contributed by atoms with Gasteiger partial charge in [0.05, 0.1) is 13.0 Å². The number of carbonyl (C=O) groups excluding carboxylic acids is 1. The van der Waals surface area contributed by atoms with Crippen LogP contribution in [0.15, 0.2) is 29.2 Å². The summed E-state index contributed by atoms with van der Waals surface area (Å²) in [7, 11) is 3.57. The van der Waals surface area contributed by atoms with Crippen molar-refractivity contribution in [2.24, 2.45) is 5.92 Å². The molecule has 21 heavy (non-hydrogen) atoms. The molecule has 2 unspecified atom stereocenters. The zero-order chi connectivity index (χ0) is 15.0. The Morgan fingerprint density at radius 3 is 2.71 bits per heavy atom. The summed E-state index contributed by atoms with van der Waals surface area (Å²) in [4.78, 5) is 15.6. The highest BCUT2D eigenvalue weighted by atomic mass is 32.2. The number of fused-ring (bicyclic) bond motifs is 2. The number of carbonyl (C=O) groups is 1. The number of esters is 1. The average Bonchev–Trinajstić information content (AvgIpc) is 2.73. The van der Waals surface area contributed by atoms with Crippen molar-refractivity contribution in [1.82, 2.24) is 4.90 Å². The van der Waals surface area contributed by atoms with E-state index in [-0.39, 0.29) is 29.0 Å². The summed E-state index contributed by atoms with van der Waals surface area (Å²) in [5, 5.41) is 0.205. The lowest BCUT2D eigenvalue weighted by atomic mass is 9.90. The summed E-state index contributed by atoms with van der Waals surface area (Å²) < 4.78 is 18.1. The summed E-state index contributed by atoms with van der Waals surface area (Å²) in [5.74, 6) is -0.451. The van der Waals surface area contributed by atoms with E-state index in [4.69, 9.17) is 4.74 Å². The van der Waals surface area contributed by atoms with Crippen LogP contribution in [0.3, 0.4) is 0 Å². The maximum Gasteiger partial charge on any atom is 0.311 e. The van der Waals surface area contributed by atoms with Crippen LogP contribution >= 0.6 is 11.8 Å². The first-order valence-electron chi connectivity index (χ1n) is 7.32. The third-order valence-corrected chi connectivity index (χ3v) is 6.12. The molecule has 2 bridgehead atoms. The number of hydrogen-bond acceptors (Lipinski definition) is 4. The lowest BCUT2D eigenvalue weighted by Crippen LogP contribution is -2.51. The Hall–Kier alpha value is -1.07. The quantitative estimate of drug-likeness (QED) is 0.803. The van der Waals surface area contributed by atoms with E-state index in [2.05, 4.69) is 11.9 Å². The van der Waals surface area contributed by atoms with E-state index in [9.17, 15) is 9.18 Å². The van der Waals surface area contributed by atoms with Crippen LogP contribution < -0.4 is 0 Å². The summed E-state index contributed by atoms with van der Waals surface area (Å²) in [6.07, 6.45) is 3.19. The van der Waals surface area contributed by atoms with Crippen molar-refractivity contribution in [1.29, 1.82) is 0 Å². The van der Waals surface area contributed by atoms with Crippen molar-refractivity contribution in [3.05, 3.63) is 30.1 Å². The van der Waals surface area contributed by atoms with E-state index in [0.29, 0.717) is 6.04 Å². The number of methoxy groups -OCH3 is 1. The third kappa shape index (κ3) is 2.81. The predicted octanol–water partition coefficient (Wildman–Crippen LogP) is 2.94. The minimum absolute atomic E-state index is 0.103. The highest BCUT2D eigenvalue weighted by Gasteiger charge is 2.49. The molecule has 0 aromatic heterocycles. The normalized spacial score (nSPS) is 32.1. The van der Waals surface area contributed by atoms with Gasteiger partial charge in [-0.3, -0.25) is 9.69 Å². The molecule has 114 valence electrons. The lowest BCUT2D eigenvalue weighted by molar-refractivity contribution is -0.148. The van der Waals surface area contributed by atoms with E-state index < -0.39 is 0 Å². The number of halogens is 1. The highest BCUT2D eigenvalue weighted by molar-refractivity contribution is 8.00. The van der Waals surface area contributed by atoms with E-state index in [1.54, 1.807) is 23.9 Å². The predicted molar refractivity (Wildman–Crippen MR) is 80.7 cm³/mol. The maximum absolute atomic E-state index is 13.0. The molecule has 0 radical (unpaired) electrons. The van der Waals surface area contributed by atoms with Gasteiger partial charge in [0.1, 0.15) is 5.82 Å². The molecule has 3 rings (SSSR count). The van der Waals surface area contributed by atoms with Crippen LogP contribution in [0.25, 0.3) is 0 Å². The Bertz CT molecular complexity index is 522. The number of hydrogen-bond donors (Lipinski definition) is 0. The van der Waals surface area contributed by atoms with Gasteiger partial charge in [0, 0.05) is 22.2 Å². The number of benzene rings is 1. The second-order valence-corrected chi connectivity index (χ2v) is 7.17. The second kappa shape index (κ2) is 5.97. The van der Waals surface area contributed by atoms with Crippen LogP contribution in [0.4, 0.5) is 4.39 Å². The second-order valence-electron chi connectivity index (χ2n) is 5.86. The smallest absolute Gasteiger partial charge is 0.311 e. The molecule has 1 aromatic carbocycles. The van der Waals surface area contributed by atoms with Crippen molar-refractivity contribution in [3.8, 4) is 0 Å². The number of piperidine rings is 1. The van der Waals surface area contributed by atoms with E-state index in [1.807, 2.05) is 0 Å². The molecular formula is C16H20FNO2S. The maximum atomic E-state index is 13.0. The van der Waals surface area contributed by atoms with Gasteiger partial charge in [-0.1, -0.05) is 0 Å². The average molecular weight is 309 g/mol. The number of ether oxygens (including phenoxy) is 1. The summed E-state index contributed by atoms with van der Waals surface area (Å²) in [6.45, 7) is 0. The van der Waals surface area contributed by atoms with Crippen LogP contribution in [-0.4, -0.2) is 42.4 Å². The molecule has 1 aromatic rings. The van der Waals surface area contributed by atoms with E-state index >= 15 is 0 Å². The van der Waals surface area contributed by atoms with Gasteiger partial charge >= 0.3 is 5.97 Å². The lowest BCUT2D eigenvalue weighted by Gasteiger charge is -2.41. The molecular weight excluding hydrogens is 289 g/mol. The zero-order valence-corrected chi connectivity index (χ0v) is 13.1. The molecule has 2 fully saturated rings. The minimum atomic E-state index is -0.229. The Kier molecular flexibility index (Phi) is 4.22. The third-order valence-electron chi connectivity index (χ3n) is 4.79. The Morgan fingerprint density at radius 2 is 2.05 bits per heavy atom. The van der Waals surface area contributed by atoms with Crippen molar-refractivity contribution >= 4 is 17.7 Å². The van der Waals surface area contributed by atoms with Gasteiger partial charge in [-0.2, -0.15) is 0 Å². The molecule has 5 heteroatoms. The van der Waals surface area contributed by atoms with Gasteiger partial charge in [0.15, 0.2) is 0 Å². The van der Waals surface area contributed by atoms with Crippen LogP contribution in [0, 0.1) is 11.7 Å². The Balaban J connectivity index is 1.81. The first-order valence-corrected chi connectivity index (χ1v) is 8.20. The minimum Gasteiger partial charge on any atom is -0.469 e. The molecule has 0 aliphatic carbocycles. The molecule has 0 N–H and O–H groups in total. The van der Waals surface area contributed by atoms with Crippen molar-refractivity contribution in [2.45, 2.75) is 41.5 Å². The molecule has 2 saturated heterocycles. The fourth-order valence-corrected chi connectivity index (χ4v) is 5.08. The molecule has 0 amide bonds. The summed E-state index contributed by atoms with van der Waals surface area (Å²) in [5.41, 5.74) is 0. The summed E-state index contributed by atoms with van der Waals surface area (Å²) in [6, 6.07) is 7.34. The van der Waals surface area contributed by atoms with Gasteiger partial charge in [-0.25, -0.2) is 4.39 Å². The van der Waals surface area contributed by atoms with Crippen molar-refractivity contribution < 1.29 is 13.9 Å². The van der Waals surface area contributed by atoms with Crippen molar-refractivity contribution in [3.63, 3.8) is 0 Å². The number of rotatable bonds is 3. The topological polar surface area (TPSA) is 29.5 Å². The fourth-order valence-electron chi connectivity index (χ4n) is 3.68. The Morgan fingerprint density at radius 1 is 1.33 bits per heavy atom. The highest BCUT2D eigenvalue weighted by Crippen LogP contribution is 2.45. The van der Waals surface area contributed by atoms with Gasteiger partial charge in [0.25, 0.3) is 0 Å². The van der Waals surface area contributed by atoms with E-state index in [1.165, 1.54) is 19.2 Å². The van der Waals surface area contributed by atoms with Crippen LogP contribution in [0.1, 0.15) is 19.3 Å². The molecule has 2 aliphatic rings. The fraction of sp³-hybridized carbons (Fsp3) is 0.562. The molecule has 2 heterocycles. The summed E-state index contributed by atoms with van der Waals surface area (Å²) >= 11 is 1.68. The SMILES string of the molecule is COC(=O)C1C2CC[C@H](C[C@@H]1Sc1ccc(F)cc1)N2C. The van der Waals surface area contributed by atoms with Gasteiger partial charge in [0.2, 0.25) is 0 Å². The van der Waals surface area contributed by atoms with Gasteiger partial charge < -0.3 is 4.74 Å². The monoisotopic (exact) mass is 309 g/mol. The first kappa shape index (κ1) is 14.9. The first-order chi connectivity index (χ1) is 10.1. The van der Waals surface area contributed by atoms with Crippen molar-refractivity contribution in [2.75, 3.05) is 14.2 Å². The van der Waals surface area contributed by atoms with Crippen LogP contribution in [-0.2, 0) is 9.53 Å². The molecule has 3 nitrogen and oxygen atoms in total. The molecule has 0 spiro atoms. The molecule has 0 saturated carbocycles. The Labute approximate surface area is 128 Å². The van der Waals surface area contributed by atoms with Crippen LogP contribution in [0.5, 0.6) is 0 Å². The van der Waals surface area contributed by atoms with Crippen LogP contribution in [0.2, 0.25) is 0 Å². The van der Waals surface area contributed by atoms with Gasteiger partial charge in [-0.05, 0) is 50.6 Å². The standard InChI is InChI=1S/C16H20FNO2S/c1-18-11-5-8-13(18)15(16(19)20-2)14(9-11)21-12-6-3-10(17)4-7-12/h3-4,6-7,11,13-15H,5,8-9H2,1-2H3/t11-,13?,14+,15?/m1/s1. The number of thioether (sulfide) groups is 1. The largest absolute Gasteiger partial charge is 0.469 e. The zero-order valence-electron chi connectivity index (χ0n) is 12.3. The molecule has 4 atom stereocenters. The number of nitrogens with zero attached hydrogens (tertiary/aromatic N) is 1.